The van der Waals surface area contributed by atoms with Crippen LogP contribution in [0.5, 0.6) is 0 Å². The third-order valence-electron chi connectivity index (χ3n) is 29.4. The fraction of sp³-hybridized carbons (Fsp3) is 0.473. The maximum absolute atomic E-state index is 13.6. The minimum atomic E-state index is -4.48. The second-order valence-electron chi connectivity index (χ2n) is 43.2. The molecule has 3 aliphatic heterocycles. The van der Waals surface area contributed by atoms with Gasteiger partial charge in [0.25, 0.3) is 17.7 Å². The van der Waals surface area contributed by atoms with Crippen LogP contribution in [0.25, 0.3) is 50.9 Å². The topological polar surface area (TPSA) is 337 Å². The summed E-state index contributed by atoms with van der Waals surface area (Å²) in [5.74, 6) is -3.49. The van der Waals surface area contributed by atoms with Crippen molar-refractivity contribution >= 4 is 92.7 Å². The van der Waals surface area contributed by atoms with E-state index in [0.717, 1.165) is 112 Å². The quantitative estimate of drug-likeness (QED) is 0.0248. The average Bonchev–Trinajstić information content (AvgIpc) is 0.884. The average molecular weight is 2010 g/mol. The normalized spacial score (nSPS) is 19.4. The van der Waals surface area contributed by atoms with Crippen molar-refractivity contribution < 1.29 is 84.8 Å². The van der Waals surface area contributed by atoms with E-state index in [1.807, 2.05) is 97.6 Å². The molecule has 16 rings (SSSR count). The highest BCUT2D eigenvalue weighted by atomic mass is 32.1. The Balaban J connectivity index is 0.000000172. The number of benzene rings is 4. The summed E-state index contributed by atoms with van der Waals surface area (Å²) >= 11 is 2.79. The number of carbonyl (C=O) groups is 9. The van der Waals surface area contributed by atoms with Gasteiger partial charge < -0.3 is 46.0 Å². The number of nitrogens with zero attached hydrogens (tertiary/aromatic N) is 9. The van der Waals surface area contributed by atoms with E-state index in [1.54, 1.807) is 42.7 Å². The molecule has 9 aromatic rings. The molecule has 1 saturated carbocycles. The number of allylic oxidation sites excluding steroid dienone is 6. The van der Waals surface area contributed by atoms with E-state index in [-0.39, 0.29) is 117 Å². The van der Waals surface area contributed by atoms with Crippen molar-refractivity contribution in [3.63, 3.8) is 0 Å². The van der Waals surface area contributed by atoms with Gasteiger partial charge in [-0.25, -0.2) is 29.9 Å². The van der Waals surface area contributed by atoms with E-state index in [2.05, 4.69) is 127 Å². The molecule has 764 valence electrons. The first-order valence-electron chi connectivity index (χ1n) is 49.8. The van der Waals surface area contributed by atoms with Gasteiger partial charge >= 0.3 is 30.3 Å². The predicted molar refractivity (Wildman–Crippen MR) is 544 cm³/mol. The number of likely N-dealkylation sites (tertiary alicyclic amines) is 3. The summed E-state index contributed by atoms with van der Waals surface area (Å²) in [5.41, 5.74) is 9.10. The van der Waals surface area contributed by atoms with Crippen LogP contribution in [0.2, 0.25) is 0 Å². The van der Waals surface area contributed by atoms with Crippen molar-refractivity contribution in [1.29, 1.82) is 0 Å². The molecule has 3 saturated heterocycles. The number of aliphatic carboxylic acids is 3. The molecule has 32 heteroatoms. The fourth-order valence-electron chi connectivity index (χ4n) is 19.5. The van der Waals surface area contributed by atoms with Gasteiger partial charge in [-0.15, -0.1) is 22.7 Å². The highest BCUT2D eigenvalue weighted by Gasteiger charge is 2.49. The molecule has 6 amide bonds. The minimum Gasteiger partial charge on any atom is -0.481 e. The van der Waals surface area contributed by atoms with Gasteiger partial charge in [-0.05, 0) is 200 Å². The van der Waals surface area contributed by atoms with Crippen LogP contribution in [0, 0.1) is 52.8 Å². The van der Waals surface area contributed by atoms with Crippen molar-refractivity contribution in [2.75, 3.05) is 39.3 Å². The molecule has 8 heterocycles. The zero-order valence-electron chi connectivity index (χ0n) is 83.7. The van der Waals surface area contributed by atoms with E-state index in [4.69, 9.17) is 0 Å². The number of carboxylic acid groups (broad SMARTS) is 3. The van der Waals surface area contributed by atoms with Crippen molar-refractivity contribution in [1.82, 2.24) is 60.6 Å². The van der Waals surface area contributed by atoms with E-state index < -0.39 is 89.3 Å². The molecule has 4 aromatic carbocycles. The summed E-state index contributed by atoms with van der Waals surface area (Å²) in [7, 11) is 0. The Morgan fingerprint density at radius 3 is 1.01 bits per heavy atom. The number of halogens is 6. The van der Waals surface area contributed by atoms with E-state index in [0.29, 0.717) is 56.1 Å². The van der Waals surface area contributed by atoms with Gasteiger partial charge in [0, 0.05) is 144 Å². The molecule has 144 heavy (non-hydrogen) atoms. The Labute approximate surface area is 845 Å². The molecule has 6 N–H and O–H groups in total. The molecule has 0 bridgehead atoms. The van der Waals surface area contributed by atoms with Gasteiger partial charge in [0.15, 0.2) is 17.5 Å². The third kappa shape index (κ3) is 27.0. The number of rotatable bonds is 28. The standard InChI is InChI=1S/C43H51F3N4O4.C36H44N4O4S.C33H35F3N4O4S/c1-4-5-27-6-10-29(11-7-27)30-14-16-31(17-15-30)34-23-47-38(48-24-34)32-12-8-28(9-13-32)22-37(40(52)50-25-35(26-50)41(53)54)49-39(51)33-18-20-36(21-19-33)42(2,3)43(44,45)46;1-35(2,3)27-13-11-23(12-14-27)25-18-37-31(38-19-25)24-9-7-22(8-10-24)17-28(33(42)40-20-26(21-40)34(43)44)39-32(41)29-15-16-30(45-29)36(4,5)6;1-32(2,3)27-13-12-26(45-27)29(41)39-25(30(42)40-17-23(18-40)31(43)44)14-19-4-6-21(7-5-19)28-37-15-22(16-38-28)20-8-10-24(11-9-20)33(34,35)36/h8-9,12-13,16,18-21,23-24,27,29-30,35,37H,4-7,10-11,14-15,17,22,25-26H2,1-3H3,(H,49,51)(H,53,54);7-11,15-16,18-19,26-28H,12-14,17,20-21H2,1-6H3,(H,39,41)(H,43,44);4-8,12-13,15-16,23-25H,9-11,14,17-18H2,1-3H3,(H,39,41)(H,43,44)/t27?,29?,30?,37-;27?,28-;24?,25-/m000/s1. The van der Waals surface area contributed by atoms with Gasteiger partial charge in [-0.3, -0.25) is 43.2 Å². The highest BCUT2D eigenvalue weighted by molar-refractivity contribution is 7.14. The van der Waals surface area contributed by atoms with Crippen LogP contribution in [0.1, 0.15) is 258 Å². The lowest BCUT2D eigenvalue weighted by Crippen LogP contribution is -2.59. The monoisotopic (exact) mass is 2010 g/mol. The fourth-order valence-corrected chi connectivity index (χ4v) is 21.5. The van der Waals surface area contributed by atoms with Crippen molar-refractivity contribution in [2.45, 2.75) is 245 Å². The van der Waals surface area contributed by atoms with Crippen molar-refractivity contribution in [3.8, 4) is 34.2 Å². The number of nitrogens with one attached hydrogen (secondary N) is 3. The van der Waals surface area contributed by atoms with Crippen molar-refractivity contribution in [3.05, 3.63) is 241 Å². The van der Waals surface area contributed by atoms with Crippen LogP contribution < -0.4 is 16.0 Å². The second-order valence-corrected chi connectivity index (χ2v) is 45.3. The maximum atomic E-state index is 13.6. The number of alkyl halides is 6. The number of carbonyl (C=O) groups excluding carboxylic acids is 6. The van der Waals surface area contributed by atoms with Crippen LogP contribution in [0.4, 0.5) is 26.3 Å². The molecule has 0 spiro atoms. The largest absolute Gasteiger partial charge is 0.481 e. The number of hydrogen-bond acceptors (Lipinski definition) is 17. The van der Waals surface area contributed by atoms with Gasteiger partial charge in [-0.2, -0.15) is 26.3 Å². The van der Waals surface area contributed by atoms with Gasteiger partial charge in [0.1, 0.15) is 18.1 Å². The number of carboxylic acids is 3. The van der Waals surface area contributed by atoms with E-state index >= 15 is 0 Å². The third-order valence-corrected chi connectivity index (χ3v) is 32.4. The molecule has 7 aliphatic rings. The van der Waals surface area contributed by atoms with Crippen LogP contribution in [-0.2, 0) is 64.3 Å². The summed E-state index contributed by atoms with van der Waals surface area (Å²) in [6, 6.07) is 32.2. The number of amides is 6. The lowest BCUT2D eigenvalue weighted by molar-refractivity contribution is -0.180. The number of aromatic nitrogens is 6. The Bertz CT molecular complexity index is 5920. The molecule has 5 aromatic heterocycles. The van der Waals surface area contributed by atoms with E-state index in [9.17, 15) is 84.8 Å². The molecular weight excluding hydrogens is 1880 g/mol. The Hall–Kier alpha value is -12.5. The van der Waals surface area contributed by atoms with Crippen molar-refractivity contribution in [2.24, 2.45) is 52.8 Å². The summed E-state index contributed by atoms with van der Waals surface area (Å²) in [6.45, 7) is 24.4. The highest BCUT2D eigenvalue weighted by Crippen LogP contribution is 2.46. The predicted octanol–water partition coefficient (Wildman–Crippen LogP) is 21.4. The summed E-state index contributed by atoms with van der Waals surface area (Å²) in [5, 5.41) is 36.4. The maximum Gasteiger partial charge on any atom is 0.397 e. The molecule has 3 unspecified atom stereocenters. The lowest BCUT2D eigenvalue weighted by Gasteiger charge is -2.39. The molecule has 24 nitrogen and oxygen atoms in total. The lowest BCUT2D eigenvalue weighted by atomic mass is 9.70. The van der Waals surface area contributed by atoms with Gasteiger partial charge in [0.2, 0.25) is 17.7 Å². The Morgan fingerprint density at radius 1 is 0.389 bits per heavy atom. The van der Waals surface area contributed by atoms with Crippen LogP contribution in [0.15, 0.2) is 177 Å². The second kappa shape index (κ2) is 45.5. The Morgan fingerprint density at radius 2 is 0.722 bits per heavy atom. The SMILES string of the molecule is CC(C)(C)c1ccc(C(=O)N[C@@H](Cc2ccc(-c3ncc(C4=CCC(C(C)(C)C)CC4)cn3)cc2)C(=O)N2CC(C(=O)O)C2)s1.CC(C)(C)c1ccc(C(=O)N[C@@H](Cc2ccc(-c3ncc(C4=CCC(C(F)(F)F)CC4)cn3)cc2)C(=O)N2CC(C(=O)O)C2)s1.CCCC1CCC(C2CC=C(c3cnc(-c4ccc(C[C@H](NC(=O)c5ccc(C(C)(C)C(F)(F)F)cc5)C(=O)N5CC(C(=O)O)C5)cc4)nc3)CC2)CC1. The molecule has 6 atom stereocenters. The number of thiophene rings is 2. The summed E-state index contributed by atoms with van der Waals surface area (Å²) < 4.78 is 79.7. The summed E-state index contributed by atoms with van der Waals surface area (Å²) in [4.78, 5) is 149. The number of hydrogen-bond donors (Lipinski definition) is 6. The Kier molecular flexibility index (Phi) is 33.9. The zero-order valence-corrected chi connectivity index (χ0v) is 85.3. The van der Waals surface area contributed by atoms with E-state index in [1.165, 1.54) is 124 Å². The smallest absolute Gasteiger partial charge is 0.397 e. The first-order chi connectivity index (χ1) is 68.1. The molecular formula is C112H130F6N12O12S2. The van der Waals surface area contributed by atoms with Gasteiger partial charge in [-0.1, -0.05) is 198 Å². The van der Waals surface area contributed by atoms with Crippen LogP contribution >= 0.6 is 22.7 Å². The zero-order chi connectivity index (χ0) is 104. The van der Waals surface area contributed by atoms with Crippen LogP contribution in [0.3, 0.4) is 0 Å². The molecule has 0 radical (unpaired) electrons. The first-order valence-corrected chi connectivity index (χ1v) is 51.5. The molecule has 4 aliphatic carbocycles. The van der Waals surface area contributed by atoms with Gasteiger partial charge in [0.05, 0.1) is 38.8 Å². The summed E-state index contributed by atoms with van der Waals surface area (Å²) in [6.07, 6.45) is 24.2. The minimum absolute atomic E-state index is 0.00706. The first kappa shape index (κ1) is 107. The van der Waals surface area contributed by atoms with Crippen LogP contribution in [-0.4, -0.2) is 183 Å². The molecule has 4 fully saturated rings.